The minimum atomic E-state index is -3.90. The standard InChI is InChI=1S/C20H18Cl2N4O4S/c21-14-4-3-5-15(22)20(14)31(29,30)25-10-8-24(9-11-25)19(28)13-26-17-7-2-1-6-16(17)23-12-18(26)27/h1-7,12H,8-11,13H2. The van der Waals surface area contributed by atoms with Crippen molar-refractivity contribution in [2.45, 2.75) is 11.4 Å². The predicted molar refractivity (Wildman–Crippen MR) is 118 cm³/mol. The van der Waals surface area contributed by atoms with Crippen LogP contribution >= 0.6 is 23.2 Å². The Balaban J connectivity index is 1.49. The van der Waals surface area contributed by atoms with Crippen LogP contribution in [0.1, 0.15) is 0 Å². The molecule has 2 heterocycles. The quantitative estimate of drug-likeness (QED) is 0.570. The predicted octanol–water partition coefficient (Wildman–Crippen LogP) is 2.24. The topological polar surface area (TPSA) is 92.6 Å². The molecule has 0 atom stereocenters. The highest BCUT2D eigenvalue weighted by atomic mass is 35.5. The maximum atomic E-state index is 13.0. The van der Waals surface area contributed by atoms with Crippen LogP contribution in [0.15, 0.2) is 58.4 Å². The minimum Gasteiger partial charge on any atom is -0.338 e. The molecular weight excluding hydrogens is 463 g/mol. The summed E-state index contributed by atoms with van der Waals surface area (Å²) in [6.45, 7) is 0.435. The number of piperazine rings is 1. The Labute approximate surface area is 188 Å². The van der Waals surface area contributed by atoms with Crippen LogP contribution in [0.5, 0.6) is 0 Å². The van der Waals surface area contributed by atoms with E-state index >= 15 is 0 Å². The molecule has 1 aromatic heterocycles. The van der Waals surface area contributed by atoms with E-state index in [9.17, 15) is 18.0 Å². The van der Waals surface area contributed by atoms with Gasteiger partial charge in [0.15, 0.2) is 0 Å². The van der Waals surface area contributed by atoms with Crippen molar-refractivity contribution in [2.75, 3.05) is 26.2 Å². The molecule has 11 heteroatoms. The summed E-state index contributed by atoms with van der Waals surface area (Å²) in [6.07, 6.45) is 1.19. The van der Waals surface area contributed by atoms with Crippen molar-refractivity contribution in [2.24, 2.45) is 0 Å². The number of carbonyl (C=O) groups excluding carboxylic acids is 1. The molecule has 0 N–H and O–H groups in total. The van der Waals surface area contributed by atoms with Crippen molar-refractivity contribution >= 4 is 50.2 Å². The molecular formula is C20H18Cl2N4O4S. The Morgan fingerprint density at radius 2 is 1.61 bits per heavy atom. The van der Waals surface area contributed by atoms with Crippen LogP contribution in [0.25, 0.3) is 11.0 Å². The third-order valence-electron chi connectivity index (χ3n) is 5.15. The molecule has 0 unspecified atom stereocenters. The van der Waals surface area contributed by atoms with Gasteiger partial charge in [0.2, 0.25) is 15.9 Å². The number of fused-ring (bicyclic) bond motifs is 1. The second-order valence-electron chi connectivity index (χ2n) is 7.01. The highest BCUT2D eigenvalue weighted by molar-refractivity contribution is 7.89. The number of amides is 1. The van der Waals surface area contributed by atoms with Crippen LogP contribution in [0, 0.1) is 0 Å². The van der Waals surface area contributed by atoms with Gasteiger partial charge in [-0.05, 0) is 24.3 Å². The zero-order valence-electron chi connectivity index (χ0n) is 16.2. The zero-order valence-corrected chi connectivity index (χ0v) is 18.6. The molecule has 31 heavy (non-hydrogen) atoms. The van der Waals surface area contributed by atoms with Crippen LogP contribution < -0.4 is 5.56 Å². The van der Waals surface area contributed by atoms with Gasteiger partial charge in [-0.3, -0.25) is 14.2 Å². The lowest BCUT2D eigenvalue weighted by Gasteiger charge is -2.34. The average Bonchev–Trinajstić information content (AvgIpc) is 2.75. The van der Waals surface area contributed by atoms with Crippen molar-refractivity contribution in [3.8, 4) is 0 Å². The Morgan fingerprint density at radius 1 is 0.968 bits per heavy atom. The van der Waals surface area contributed by atoms with Gasteiger partial charge in [-0.15, -0.1) is 0 Å². The molecule has 1 aliphatic rings. The van der Waals surface area contributed by atoms with Crippen LogP contribution in [-0.2, 0) is 21.4 Å². The van der Waals surface area contributed by atoms with E-state index in [2.05, 4.69) is 4.98 Å². The number of nitrogens with zero attached hydrogens (tertiary/aromatic N) is 4. The van der Waals surface area contributed by atoms with Crippen LogP contribution in [0.2, 0.25) is 10.0 Å². The molecule has 3 aromatic rings. The number of benzene rings is 2. The van der Waals surface area contributed by atoms with Gasteiger partial charge < -0.3 is 4.90 Å². The molecule has 0 spiro atoms. The first-order valence-electron chi connectivity index (χ1n) is 9.45. The fourth-order valence-electron chi connectivity index (χ4n) is 3.55. The lowest BCUT2D eigenvalue weighted by Crippen LogP contribution is -2.51. The summed E-state index contributed by atoms with van der Waals surface area (Å²) in [5.74, 6) is -0.272. The second kappa shape index (κ2) is 8.58. The summed E-state index contributed by atoms with van der Waals surface area (Å²) in [7, 11) is -3.90. The lowest BCUT2D eigenvalue weighted by molar-refractivity contribution is -0.133. The van der Waals surface area contributed by atoms with Crippen molar-refractivity contribution < 1.29 is 13.2 Å². The third kappa shape index (κ3) is 4.18. The monoisotopic (exact) mass is 480 g/mol. The summed E-state index contributed by atoms with van der Waals surface area (Å²) in [6, 6.07) is 11.6. The van der Waals surface area contributed by atoms with Crippen molar-refractivity contribution in [1.29, 1.82) is 0 Å². The fraction of sp³-hybridized carbons (Fsp3) is 0.250. The van der Waals surface area contributed by atoms with E-state index in [4.69, 9.17) is 23.2 Å². The molecule has 1 fully saturated rings. The molecule has 8 nitrogen and oxygen atoms in total. The number of sulfonamides is 1. The highest BCUT2D eigenvalue weighted by Crippen LogP contribution is 2.31. The van der Waals surface area contributed by atoms with Crippen molar-refractivity contribution in [1.82, 2.24) is 18.8 Å². The molecule has 4 rings (SSSR count). The summed E-state index contributed by atoms with van der Waals surface area (Å²) < 4.78 is 28.6. The van der Waals surface area contributed by atoms with Gasteiger partial charge in [-0.25, -0.2) is 13.4 Å². The largest absolute Gasteiger partial charge is 0.338 e. The first kappa shape index (κ1) is 21.8. The van der Waals surface area contributed by atoms with Crippen LogP contribution in [0.3, 0.4) is 0 Å². The van der Waals surface area contributed by atoms with E-state index < -0.39 is 10.0 Å². The van der Waals surface area contributed by atoms with Gasteiger partial charge in [0.05, 0.1) is 27.3 Å². The number of halogens is 2. The summed E-state index contributed by atoms with van der Waals surface area (Å²) in [5.41, 5.74) is 0.807. The Morgan fingerprint density at radius 3 is 2.29 bits per heavy atom. The summed E-state index contributed by atoms with van der Waals surface area (Å²) in [4.78, 5) is 30.6. The smallest absolute Gasteiger partial charge is 0.269 e. The first-order chi connectivity index (χ1) is 14.8. The Bertz CT molecular complexity index is 1300. The van der Waals surface area contributed by atoms with E-state index in [1.165, 1.54) is 27.2 Å². The minimum absolute atomic E-state index is 0.0509. The normalized spacial score (nSPS) is 15.4. The lowest BCUT2D eigenvalue weighted by atomic mass is 10.3. The molecule has 0 radical (unpaired) electrons. The number of hydrogen-bond acceptors (Lipinski definition) is 5. The van der Waals surface area contributed by atoms with Crippen molar-refractivity contribution in [3.63, 3.8) is 0 Å². The number of para-hydroxylation sites is 2. The zero-order chi connectivity index (χ0) is 22.2. The highest BCUT2D eigenvalue weighted by Gasteiger charge is 2.33. The molecule has 1 amide bonds. The molecule has 2 aromatic carbocycles. The van der Waals surface area contributed by atoms with Crippen LogP contribution in [-0.4, -0.2) is 59.3 Å². The Hall–Kier alpha value is -2.46. The molecule has 0 aliphatic carbocycles. The second-order valence-corrected chi connectivity index (χ2v) is 9.70. The van der Waals surface area contributed by atoms with Crippen molar-refractivity contribution in [3.05, 3.63) is 69.1 Å². The average molecular weight is 481 g/mol. The molecule has 1 aliphatic heterocycles. The molecule has 0 bridgehead atoms. The van der Waals surface area contributed by atoms with E-state index in [0.717, 1.165) is 0 Å². The maximum absolute atomic E-state index is 13.0. The molecule has 162 valence electrons. The number of carbonyl (C=O) groups is 1. The van der Waals surface area contributed by atoms with Gasteiger partial charge in [0.25, 0.3) is 5.56 Å². The fourth-order valence-corrected chi connectivity index (χ4v) is 6.06. The SMILES string of the molecule is O=C(Cn1c(=O)cnc2ccccc21)N1CCN(S(=O)(=O)c2c(Cl)cccc2Cl)CC1. The van der Waals surface area contributed by atoms with Gasteiger partial charge in [-0.2, -0.15) is 4.31 Å². The number of rotatable bonds is 4. The Kier molecular flexibility index (Phi) is 6.02. The summed E-state index contributed by atoms with van der Waals surface area (Å²) in [5, 5.41) is 0.102. The van der Waals surface area contributed by atoms with Gasteiger partial charge in [0, 0.05) is 26.2 Å². The van der Waals surface area contributed by atoms with Gasteiger partial charge in [0.1, 0.15) is 11.4 Å². The maximum Gasteiger partial charge on any atom is 0.269 e. The number of hydrogen-bond donors (Lipinski definition) is 0. The summed E-state index contributed by atoms with van der Waals surface area (Å²) >= 11 is 12.1. The first-order valence-corrected chi connectivity index (χ1v) is 11.6. The third-order valence-corrected chi connectivity index (χ3v) is 8.01. The number of aromatic nitrogens is 2. The van der Waals surface area contributed by atoms with E-state index in [-0.39, 0.29) is 59.1 Å². The van der Waals surface area contributed by atoms with E-state index in [1.54, 1.807) is 35.2 Å². The van der Waals surface area contributed by atoms with Gasteiger partial charge >= 0.3 is 0 Å². The van der Waals surface area contributed by atoms with Crippen LogP contribution in [0.4, 0.5) is 0 Å². The molecule has 0 saturated carbocycles. The van der Waals surface area contributed by atoms with E-state index in [1.807, 2.05) is 0 Å². The van der Waals surface area contributed by atoms with Gasteiger partial charge in [-0.1, -0.05) is 41.4 Å². The van der Waals surface area contributed by atoms with E-state index in [0.29, 0.717) is 11.0 Å². The molecule has 1 saturated heterocycles.